The molecule has 1 fully saturated rings. The highest BCUT2D eigenvalue weighted by Crippen LogP contribution is 2.21. The maximum Gasteiger partial charge on any atom is 0.253 e. The molecule has 28 heavy (non-hydrogen) atoms. The molecule has 0 bridgehead atoms. The van der Waals surface area contributed by atoms with Crippen molar-refractivity contribution in [3.8, 4) is 11.6 Å². The minimum atomic E-state index is -0.600. The summed E-state index contributed by atoms with van der Waals surface area (Å²) < 4.78 is 16.7. The van der Waals surface area contributed by atoms with Crippen LogP contribution in [-0.2, 0) is 14.3 Å². The molecule has 2 atom stereocenters. The molecule has 1 aliphatic heterocycles. The molecule has 3 N–H and O–H groups in total. The molecular weight excluding hydrogens is 362 g/mol. The smallest absolute Gasteiger partial charge is 0.253 e. The molecule has 2 aromatic rings. The second-order valence-electron chi connectivity index (χ2n) is 6.48. The molecule has 1 saturated heterocycles. The van der Waals surface area contributed by atoms with Crippen LogP contribution < -0.4 is 15.8 Å². The van der Waals surface area contributed by atoms with Crippen molar-refractivity contribution in [2.24, 2.45) is 5.73 Å². The number of pyridine rings is 1. The average Bonchev–Trinajstić information content (AvgIpc) is 3.21. The van der Waals surface area contributed by atoms with Crippen molar-refractivity contribution in [3.05, 3.63) is 48.2 Å². The van der Waals surface area contributed by atoms with Gasteiger partial charge < -0.3 is 25.3 Å². The zero-order valence-corrected chi connectivity index (χ0v) is 15.6. The number of aromatic nitrogens is 1. The lowest BCUT2D eigenvalue weighted by atomic mass is 10.2. The largest absolute Gasteiger partial charge is 0.439 e. The predicted molar refractivity (Wildman–Crippen MR) is 102 cm³/mol. The van der Waals surface area contributed by atoms with Crippen LogP contribution in [0.15, 0.2) is 42.6 Å². The van der Waals surface area contributed by atoms with Crippen molar-refractivity contribution in [2.75, 3.05) is 18.5 Å². The van der Waals surface area contributed by atoms with E-state index in [0.29, 0.717) is 29.5 Å². The van der Waals surface area contributed by atoms with Crippen LogP contribution in [0.4, 0.5) is 5.69 Å². The molecule has 2 heterocycles. The number of hydrogen-bond donors (Lipinski definition) is 2. The topological polar surface area (TPSA) is 113 Å². The first kappa shape index (κ1) is 19.8. The van der Waals surface area contributed by atoms with Gasteiger partial charge in [-0.25, -0.2) is 4.98 Å². The molecule has 8 heteroatoms. The predicted octanol–water partition coefficient (Wildman–Crippen LogP) is 2.50. The quantitative estimate of drug-likeness (QED) is 0.722. The van der Waals surface area contributed by atoms with Gasteiger partial charge in [-0.05, 0) is 44.0 Å². The van der Waals surface area contributed by atoms with Gasteiger partial charge in [0.25, 0.3) is 5.91 Å². The first-order valence-corrected chi connectivity index (χ1v) is 9.09. The average molecular weight is 385 g/mol. The number of ether oxygens (including phenoxy) is 3. The molecule has 3 rings (SSSR count). The Hall–Kier alpha value is -2.97. The van der Waals surface area contributed by atoms with Gasteiger partial charge in [-0.3, -0.25) is 9.59 Å². The molecular formula is C20H23N3O5. The molecule has 1 aliphatic rings. The number of hydrogen-bond acceptors (Lipinski definition) is 6. The van der Waals surface area contributed by atoms with Crippen molar-refractivity contribution in [1.82, 2.24) is 4.98 Å². The van der Waals surface area contributed by atoms with Gasteiger partial charge >= 0.3 is 0 Å². The van der Waals surface area contributed by atoms with Gasteiger partial charge in [-0.15, -0.1) is 0 Å². The molecule has 2 amide bonds. The fourth-order valence-corrected chi connectivity index (χ4v) is 2.70. The Bertz CT molecular complexity index is 819. The summed E-state index contributed by atoms with van der Waals surface area (Å²) >= 11 is 0. The van der Waals surface area contributed by atoms with Crippen LogP contribution in [0.3, 0.4) is 0 Å². The molecule has 8 nitrogen and oxygen atoms in total. The van der Waals surface area contributed by atoms with E-state index in [1.165, 1.54) is 12.3 Å². The Kier molecular flexibility index (Phi) is 6.57. The highest BCUT2D eigenvalue weighted by atomic mass is 16.5. The summed E-state index contributed by atoms with van der Waals surface area (Å²) in [6, 6.07) is 9.78. The zero-order valence-electron chi connectivity index (χ0n) is 15.6. The Balaban J connectivity index is 1.51. The number of nitrogens with one attached hydrogen (secondary N) is 1. The number of benzene rings is 1. The lowest BCUT2D eigenvalue weighted by Gasteiger charge is -2.16. The summed E-state index contributed by atoms with van der Waals surface area (Å²) in [6.07, 6.45) is 2.94. The second-order valence-corrected chi connectivity index (χ2v) is 6.48. The van der Waals surface area contributed by atoms with E-state index in [4.69, 9.17) is 19.9 Å². The third-order valence-electron chi connectivity index (χ3n) is 4.27. The van der Waals surface area contributed by atoms with Crippen LogP contribution in [0.2, 0.25) is 0 Å². The van der Waals surface area contributed by atoms with Gasteiger partial charge in [0.2, 0.25) is 11.8 Å². The third-order valence-corrected chi connectivity index (χ3v) is 4.27. The van der Waals surface area contributed by atoms with E-state index in [0.717, 1.165) is 19.4 Å². The van der Waals surface area contributed by atoms with Crippen LogP contribution >= 0.6 is 0 Å². The molecule has 1 aromatic carbocycles. The molecule has 2 unspecified atom stereocenters. The second kappa shape index (κ2) is 9.29. The number of nitrogens with zero attached hydrogens (tertiary/aromatic N) is 1. The van der Waals surface area contributed by atoms with Gasteiger partial charge in [-0.1, -0.05) is 6.07 Å². The van der Waals surface area contributed by atoms with Crippen molar-refractivity contribution in [1.29, 1.82) is 0 Å². The van der Waals surface area contributed by atoms with Crippen LogP contribution in [0.1, 0.15) is 30.1 Å². The number of nitrogens with two attached hydrogens (primary N) is 1. The number of rotatable bonds is 8. The Morgan fingerprint density at radius 3 is 2.89 bits per heavy atom. The number of primary amides is 1. The SMILES string of the molecule is CC(OCC1CCCO1)C(=O)Nc1ccc(Oc2cccc(C(N)=O)c2)nc1. The number of carbonyl (C=O) groups is 2. The highest BCUT2D eigenvalue weighted by Gasteiger charge is 2.20. The maximum atomic E-state index is 12.2. The van der Waals surface area contributed by atoms with Crippen molar-refractivity contribution >= 4 is 17.5 Å². The van der Waals surface area contributed by atoms with E-state index < -0.39 is 12.0 Å². The summed E-state index contributed by atoms with van der Waals surface area (Å²) in [5.74, 6) is -0.0334. The number of carbonyl (C=O) groups excluding carboxylic acids is 2. The molecule has 0 aliphatic carbocycles. The summed E-state index contributed by atoms with van der Waals surface area (Å²) in [7, 11) is 0. The van der Waals surface area contributed by atoms with Gasteiger partial charge in [0.1, 0.15) is 11.9 Å². The normalized spacial score (nSPS) is 17.1. The first-order valence-electron chi connectivity index (χ1n) is 9.09. The minimum absolute atomic E-state index is 0.0708. The van der Waals surface area contributed by atoms with E-state index >= 15 is 0 Å². The van der Waals surface area contributed by atoms with Crippen LogP contribution in [0.5, 0.6) is 11.6 Å². The first-order chi connectivity index (χ1) is 13.5. The fraction of sp³-hybridized carbons (Fsp3) is 0.350. The number of amides is 2. The molecule has 148 valence electrons. The zero-order chi connectivity index (χ0) is 19.9. The van der Waals surface area contributed by atoms with E-state index in [9.17, 15) is 9.59 Å². The lowest BCUT2D eigenvalue weighted by Crippen LogP contribution is -2.30. The standard InChI is InChI=1S/C20H23N3O5/c1-13(27-12-17-6-3-9-26-17)20(25)23-15-7-8-18(22-11-15)28-16-5-2-4-14(10-16)19(21)24/h2,4-5,7-8,10-11,13,17H,3,6,9,12H2,1H3,(H2,21,24)(H,23,25). The summed E-state index contributed by atoms with van der Waals surface area (Å²) in [6.45, 7) is 2.85. The van der Waals surface area contributed by atoms with Crippen molar-refractivity contribution < 1.29 is 23.8 Å². The molecule has 0 saturated carbocycles. The summed E-state index contributed by atoms with van der Waals surface area (Å²) in [5.41, 5.74) is 6.13. The van der Waals surface area contributed by atoms with Gasteiger partial charge in [0, 0.05) is 18.2 Å². The Morgan fingerprint density at radius 1 is 1.36 bits per heavy atom. The van der Waals surface area contributed by atoms with Crippen LogP contribution in [0.25, 0.3) is 0 Å². The van der Waals surface area contributed by atoms with E-state index in [1.807, 2.05) is 0 Å². The van der Waals surface area contributed by atoms with Gasteiger partial charge in [-0.2, -0.15) is 0 Å². The number of anilines is 1. The fourth-order valence-electron chi connectivity index (χ4n) is 2.70. The highest BCUT2D eigenvalue weighted by molar-refractivity contribution is 5.94. The lowest BCUT2D eigenvalue weighted by molar-refractivity contribution is -0.128. The molecule has 0 radical (unpaired) electrons. The van der Waals surface area contributed by atoms with E-state index in [1.54, 1.807) is 37.3 Å². The molecule has 1 aromatic heterocycles. The summed E-state index contributed by atoms with van der Waals surface area (Å²) in [4.78, 5) is 27.6. The Labute approximate surface area is 163 Å². The third kappa shape index (κ3) is 5.51. The van der Waals surface area contributed by atoms with Crippen molar-refractivity contribution in [2.45, 2.75) is 32.0 Å². The van der Waals surface area contributed by atoms with Crippen LogP contribution in [0, 0.1) is 0 Å². The maximum absolute atomic E-state index is 12.2. The minimum Gasteiger partial charge on any atom is -0.439 e. The molecule has 0 spiro atoms. The monoisotopic (exact) mass is 385 g/mol. The van der Waals surface area contributed by atoms with Crippen LogP contribution in [-0.4, -0.2) is 42.2 Å². The van der Waals surface area contributed by atoms with E-state index in [2.05, 4.69) is 10.3 Å². The van der Waals surface area contributed by atoms with Crippen molar-refractivity contribution in [3.63, 3.8) is 0 Å². The van der Waals surface area contributed by atoms with E-state index in [-0.39, 0.29) is 12.0 Å². The summed E-state index contributed by atoms with van der Waals surface area (Å²) in [5, 5.41) is 2.75. The van der Waals surface area contributed by atoms with Gasteiger partial charge in [0.05, 0.1) is 24.6 Å². The van der Waals surface area contributed by atoms with Gasteiger partial charge in [0.15, 0.2) is 0 Å². The Morgan fingerprint density at radius 2 is 2.21 bits per heavy atom.